The van der Waals surface area contributed by atoms with Crippen LogP contribution in [0, 0.1) is 0 Å². The molecule has 0 aromatic heterocycles. The Morgan fingerprint density at radius 3 is 0.831 bits per heavy atom. The maximum Gasteiger partial charge on any atom is 0.306 e. The maximum absolute atomic E-state index is 12.9. The fraction of sp³-hybridized carbons (Fsp3) is 0.732. The summed E-state index contributed by atoms with van der Waals surface area (Å²) in [6.45, 7) is 6.52. The van der Waals surface area contributed by atoms with Crippen LogP contribution in [0.3, 0.4) is 0 Å². The molecule has 0 amide bonds. The lowest BCUT2D eigenvalue weighted by molar-refractivity contribution is -0.167. The molecule has 6 heteroatoms. The molecule has 0 aliphatic carbocycles. The first-order valence-electron chi connectivity index (χ1n) is 32.7. The van der Waals surface area contributed by atoms with Gasteiger partial charge in [0.25, 0.3) is 0 Å². The van der Waals surface area contributed by atoms with Gasteiger partial charge in [-0.05, 0) is 103 Å². The predicted octanol–water partition coefficient (Wildman–Crippen LogP) is 22.4. The summed E-state index contributed by atoms with van der Waals surface area (Å²) in [5.74, 6) is -0.890. The number of rotatable bonds is 59. The first kappa shape index (κ1) is 73.3. The minimum Gasteiger partial charge on any atom is -0.462 e. The summed E-state index contributed by atoms with van der Waals surface area (Å²) in [5, 5.41) is 0. The van der Waals surface area contributed by atoms with Gasteiger partial charge in [0.1, 0.15) is 13.2 Å². The summed E-state index contributed by atoms with van der Waals surface area (Å²) in [6.07, 6.45) is 87.0. The van der Waals surface area contributed by atoms with E-state index in [0.717, 1.165) is 116 Å². The van der Waals surface area contributed by atoms with Crippen LogP contribution >= 0.6 is 0 Å². The van der Waals surface area contributed by atoms with Gasteiger partial charge in [-0.1, -0.05) is 291 Å². The average molecular weight is 1070 g/mol. The molecule has 1 atom stereocenters. The van der Waals surface area contributed by atoms with Gasteiger partial charge in [-0.3, -0.25) is 14.4 Å². The van der Waals surface area contributed by atoms with Crippen LogP contribution in [-0.4, -0.2) is 37.2 Å². The summed E-state index contributed by atoms with van der Waals surface area (Å²) >= 11 is 0. The van der Waals surface area contributed by atoms with Crippen molar-refractivity contribution in [1.82, 2.24) is 0 Å². The van der Waals surface area contributed by atoms with E-state index in [0.29, 0.717) is 19.3 Å². The summed E-state index contributed by atoms with van der Waals surface area (Å²) in [6, 6.07) is 0. The fourth-order valence-electron chi connectivity index (χ4n) is 9.18. The van der Waals surface area contributed by atoms with Crippen LogP contribution in [0.25, 0.3) is 0 Å². The lowest BCUT2D eigenvalue weighted by atomic mass is 10.0. The zero-order chi connectivity index (χ0) is 55.7. The molecule has 0 fully saturated rings. The smallest absolute Gasteiger partial charge is 0.306 e. The molecule has 0 saturated carbocycles. The number of carbonyl (C=O) groups excluding carboxylic acids is 3. The van der Waals surface area contributed by atoms with Crippen molar-refractivity contribution in [1.29, 1.82) is 0 Å². The third kappa shape index (κ3) is 63.0. The monoisotopic (exact) mass is 1070 g/mol. The summed E-state index contributed by atoms with van der Waals surface area (Å²) < 4.78 is 16.9. The molecule has 6 nitrogen and oxygen atoms in total. The Kier molecular flexibility index (Phi) is 61.8. The molecule has 442 valence electrons. The first-order chi connectivity index (χ1) is 38.0. The Hall–Kier alpha value is -3.67. The number of hydrogen-bond acceptors (Lipinski definition) is 6. The molecule has 0 spiro atoms. The average Bonchev–Trinajstić information content (AvgIpc) is 3.43. The second-order valence-electron chi connectivity index (χ2n) is 21.6. The molecule has 0 heterocycles. The standard InChI is InChI=1S/C71H122O6/c1-4-7-10-13-16-19-22-25-27-29-31-32-33-34-35-36-37-38-39-40-41-43-44-46-49-52-55-58-61-64-70(73)76-67-68(66-75-69(72)63-60-57-54-51-48-24-21-18-15-12-9-6-3)77-71(74)65-62-59-56-53-50-47-45-42-30-28-26-23-20-17-14-11-8-5-2/h7,10,16,18-19,21,25,27,31-32,34-35,37-38,40-41,68H,4-6,8-9,11-15,17,20,22-24,26,28-30,33,36,39,42-67H2,1-3H3/b10-7-,19-16-,21-18-,27-25-,32-31-,35-34-,38-37-,41-40-. The van der Waals surface area contributed by atoms with Gasteiger partial charge >= 0.3 is 17.9 Å². The molecule has 0 radical (unpaired) electrons. The third-order valence-electron chi connectivity index (χ3n) is 14.1. The zero-order valence-electron chi connectivity index (χ0n) is 50.7. The second kappa shape index (κ2) is 64.9. The minimum atomic E-state index is -0.785. The van der Waals surface area contributed by atoms with Crippen LogP contribution < -0.4 is 0 Å². The van der Waals surface area contributed by atoms with Crippen LogP contribution in [0.2, 0.25) is 0 Å². The molecular weight excluding hydrogens is 949 g/mol. The van der Waals surface area contributed by atoms with Crippen molar-refractivity contribution < 1.29 is 28.6 Å². The van der Waals surface area contributed by atoms with E-state index in [4.69, 9.17) is 14.2 Å². The number of allylic oxidation sites excluding steroid dienone is 16. The van der Waals surface area contributed by atoms with Crippen molar-refractivity contribution in [3.63, 3.8) is 0 Å². The summed E-state index contributed by atoms with van der Waals surface area (Å²) in [7, 11) is 0. The Morgan fingerprint density at radius 2 is 0.506 bits per heavy atom. The van der Waals surface area contributed by atoms with E-state index in [2.05, 4.69) is 118 Å². The molecule has 0 aliphatic heterocycles. The van der Waals surface area contributed by atoms with Crippen LogP contribution in [0.15, 0.2) is 97.2 Å². The van der Waals surface area contributed by atoms with Crippen LogP contribution in [0.5, 0.6) is 0 Å². The van der Waals surface area contributed by atoms with Crippen molar-refractivity contribution in [2.24, 2.45) is 0 Å². The van der Waals surface area contributed by atoms with E-state index < -0.39 is 6.10 Å². The second-order valence-corrected chi connectivity index (χ2v) is 21.6. The molecule has 0 aromatic carbocycles. The number of carbonyl (C=O) groups is 3. The molecule has 1 unspecified atom stereocenters. The summed E-state index contributed by atoms with van der Waals surface area (Å²) in [5.41, 5.74) is 0. The lowest BCUT2D eigenvalue weighted by Gasteiger charge is -2.18. The van der Waals surface area contributed by atoms with Crippen molar-refractivity contribution in [3.05, 3.63) is 97.2 Å². The fourth-order valence-corrected chi connectivity index (χ4v) is 9.18. The number of unbranched alkanes of at least 4 members (excludes halogenated alkanes) is 32. The quantitative estimate of drug-likeness (QED) is 0.0261. The van der Waals surface area contributed by atoms with Gasteiger partial charge in [-0.15, -0.1) is 0 Å². The van der Waals surface area contributed by atoms with Crippen molar-refractivity contribution in [2.75, 3.05) is 13.2 Å². The third-order valence-corrected chi connectivity index (χ3v) is 14.1. The molecule has 0 bridgehead atoms. The Morgan fingerprint density at radius 1 is 0.273 bits per heavy atom. The molecule has 77 heavy (non-hydrogen) atoms. The van der Waals surface area contributed by atoms with Gasteiger partial charge < -0.3 is 14.2 Å². The van der Waals surface area contributed by atoms with Crippen LogP contribution in [0.4, 0.5) is 0 Å². The van der Waals surface area contributed by atoms with Crippen molar-refractivity contribution in [3.8, 4) is 0 Å². The normalized spacial score (nSPS) is 12.7. The Bertz CT molecular complexity index is 1510. The molecular formula is C71H122O6. The minimum absolute atomic E-state index is 0.0825. The van der Waals surface area contributed by atoms with Crippen LogP contribution in [-0.2, 0) is 28.6 Å². The van der Waals surface area contributed by atoms with E-state index in [9.17, 15) is 14.4 Å². The first-order valence-corrected chi connectivity index (χ1v) is 32.7. The van der Waals surface area contributed by atoms with Gasteiger partial charge in [0.05, 0.1) is 0 Å². The zero-order valence-corrected chi connectivity index (χ0v) is 50.7. The van der Waals surface area contributed by atoms with Gasteiger partial charge in [-0.25, -0.2) is 0 Å². The van der Waals surface area contributed by atoms with Gasteiger partial charge in [0.15, 0.2) is 6.10 Å². The van der Waals surface area contributed by atoms with Gasteiger partial charge in [-0.2, -0.15) is 0 Å². The van der Waals surface area contributed by atoms with Gasteiger partial charge in [0.2, 0.25) is 0 Å². The maximum atomic E-state index is 12.9. The van der Waals surface area contributed by atoms with E-state index in [1.165, 1.54) is 161 Å². The molecule has 0 saturated heterocycles. The number of esters is 3. The van der Waals surface area contributed by atoms with E-state index in [-0.39, 0.29) is 31.1 Å². The Labute approximate surface area is 477 Å². The lowest BCUT2D eigenvalue weighted by Crippen LogP contribution is -2.30. The summed E-state index contributed by atoms with van der Waals surface area (Å²) in [4.78, 5) is 38.3. The highest BCUT2D eigenvalue weighted by Gasteiger charge is 2.19. The van der Waals surface area contributed by atoms with Crippen LogP contribution in [0.1, 0.15) is 316 Å². The Balaban J connectivity index is 4.30. The topological polar surface area (TPSA) is 78.9 Å². The largest absolute Gasteiger partial charge is 0.462 e. The number of hydrogen-bond donors (Lipinski definition) is 0. The molecule has 0 aromatic rings. The molecule has 0 rings (SSSR count). The van der Waals surface area contributed by atoms with E-state index in [1.54, 1.807) is 0 Å². The highest BCUT2D eigenvalue weighted by molar-refractivity contribution is 5.71. The van der Waals surface area contributed by atoms with Crippen molar-refractivity contribution >= 4 is 17.9 Å². The highest BCUT2D eigenvalue weighted by atomic mass is 16.6. The molecule has 0 N–H and O–H groups in total. The SMILES string of the molecule is CC/C=C\C/C=C\C/C=C\C/C=C\C/C=C\C/C=C\C/C=C\CCCCCCCCCC(=O)OCC(COC(=O)CCCCCCC/C=C\CCCCC)OC(=O)CCCCCCCCCCCCCCCCCCCC. The van der Waals surface area contributed by atoms with E-state index in [1.807, 2.05) is 0 Å². The highest BCUT2D eigenvalue weighted by Crippen LogP contribution is 2.17. The van der Waals surface area contributed by atoms with Gasteiger partial charge in [0, 0.05) is 19.3 Å². The number of ether oxygens (including phenoxy) is 3. The predicted molar refractivity (Wildman–Crippen MR) is 334 cm³/mol. The van der Waals surface area contributed by atoms with E-state index >= 15 is 0 Å². The molecule has 0 aliphatic rings. The van der Waals surface area contributed by atoms with Crippen molar-refractivity contribution in [2.45, 2.75) is 322 Å².